The molecule has 6 nitrogen and oxygen atoms in total. The summed E-state index contributed by atoms with van der Waals surface area (Å²) in [6.45, 7) is 3.56. The third-order valence-corrected chi connectivity index (χ3v) is 5.73. The fraction of sp³-hybridized carbons (Fsp3) is 0.476. The Bertz CT molecular complexity index is 813. The number of nitrogens with zero attached hydrogens (tertiary/aromatic N) is 1. The molecule has 1 aromatic rings. The Morgan fingerprint density at radius 1 is 1.30 bits per heavy atom. The maximum atomic E-state index is 13.1. The van der Waals surface area contributed by atoms with Gasteiger partial charge >= 0.3 is 5.97 Å². The number of unbranched alkanes of at least 4 members (excludes halogenated alkanes) is 1. The van der Waals surface area contributed by atoms with Gasteiger partial charge in [0.05, 0.1) is 6.04 Å². The van der Waals surface area contributed by atoms with Crippen LogP contribution in [0.4, 0.5) is 0 Å². The number of carbonyl (C=O) groups is 3. The molecule has 1 aromatic carbocycles. The van der Waals surface area contributed by atoms with Crippen LogP contribution in [0, 0.1) is 5.92 Å². The average Bonchev–Trinajstić information content (AvgIpc) is 2.87. The summed E-state index contributed by atoms with van der Waals surface area (Å²) in [7, 11) is 0. The number of rotatable bonds is 6. The number of fused-ring (bicyclic) bond motifs is 1. The van der Waals surface area contributed by atoms with Crippen LogP contribution in [0.3, 0.4) is 0 Å². The summed E-state index contributed by atoms with van der Waals surface area (Å²) in [5.41, 5.74) is 1.99. The normalized spacial score (nSPS) is 23.6. The van der Waals surface area contributed by atoms with E-state index in [0.717, 1.165) is 12.0 Å². The van der Waals surface area contributed by atoms with Gasteiger partial charge in [-0.3, -0.25) is 9.59 Å². The van der Waals surface area contributed by atoms with Gasteiger partial charge in [-0.05, 0) is 37.3 Å². The Morgan fingerprint density at radius 2 is 2.00 bits per heavy atom. The molecular formula is C21H25NO5. The number of aliphatic hydroxyl groups excluding tert-OH is 1. The third kappa shape index (κ3) is 3.24. The van der Waals surface area contributed by atoms with Crippen molar-refractivity contribution in [1.29, 1.82) is 0 Å². The van der Waals surface area contributed by atoms with Crippen LogP contribution < -0.4 is 0 Å². The maximum Gasteiger partial charge on any atom is 0.326 e. The van der Waals surface area contributed by atoms with Crippen molar-refractivity contribution >= 4 is 17.7 Å². The zero-order chi connectivity index (χ0) is 19.7. The number of carboxylic acids is 1. The molecule has 3 rings (SSSR count). The molecule has 0 saturated heterocycles. The highest BCUT2D eigenvalue weighted by molar-refractivity contribution is 6.03. The van der Waals surface area contributed by atoms with Crippen LogP contribution in [0.1, 0.15) is 55.5 Å². The summed E-state index contributed by atoms with van der Waals surface area (Å²) in [4.78, 5) is 38.9. The molecule has 0 spiro atoms. The SMILES string of the molecule is CCCCC(C(=O)O)N1C(=O)C(O)=C(C)C1C1CCc2ccccc2C1=O. The van der Waals surface area contributed by atoms with Gasteiger partial charge in [0.1, 0.15) is 6.04 Å². The van der Waals surface area contributed by atoms with Gasteiger partial charge in [0.2, 0.25) is 0 Å². The highest BCUT2D eigenvalue weighted by Gasteiger charge is 2.49. The summed E-state index contributed by atoms with van der Waals surface area (Å²) < 4.78 is 0. The summed E-state index contributed by atoms with van der Waals surface area (Å²) in [5.74, 6) is -2.85. The average molecular weight is 371 g/mol. The molecule has 0 radical (unpaired) electrons. The minimum Gasteiger partial charge on any atom is -0.503 e. The van der Waals surface area contributed by atoms with E-state index in [9.17, 15) is 24.6 Å². The van der Waals surface area contributed by atoms with Gasteiger partial charge < -0.3 is 15.1 Å². The Balaban J connectivity index is 1.99. The van der Waals surface area contributed by atoms with Gasteiger partial charge in [0.15, 0.2) is 11.5 Å². The number of hydrogen-bond donors (Lipinski definition) is 2. The van der Waals surface area contributed by atoms with E-state index in [-0.39, 0.29) is 5.78 Å². The molecule has 27 heavy (non-hydrogen) atoms. The first-order valence-corrected chi connectivity index (χ1v) is 9.45. The number of aliphatic hydroxyl groups is 1. The first-order valence-electron chi connectivity index (χ1n) is 9.45. The highest BCUT2D eigenvalue weighted by atomic mass is 16.4. The van der Waals surface area contributed by atoms with E-state index in [4.69, 9.17) is 0 Å². The minimum atomic E-state index is -1.10. The van der Waals surface area contributed by atoms with Gasteiger partial charge in [-0.15, -0.1) is 0 Å². The molecule has 1 aliphatic heterocycles. The standard InChI is InChI=1S/C21H25NO5/c1-3-4-9-16(21(26)27)22-17(12(2)18(23)20(22)25)15-11-10-13-7-5-6-8-14(13)19(15)24/h5-8,15-17,23H,3-4,9-11H2,1-2H3,(H,26,27). The van der Waals surface area contributed by atoms with Gasteiger partial charge in [0.25, 0.3) is 5.91 Å². The first kappa shape index (κ1) is 19.1. The molecule has 2 aliphatic rings. The van der Waals surface area contributed by atoms with Crippen LogP contribution in [0.2, 0.25) is 0 Å². The van der Waals surface area contributed by atoms with E-state index >= 15 is 0 Å². The molecule has 0 fully saturated rings. The maximum absolute atomic E-state index is 13.1. The quantitative estimate of drug-likeness (QED) is 0.801. The van der Waals surface area contributed by atoms with Crippen molar-refractivity contribution < 1.29 is 24.6 Å². The molecule has 3 unspecified atom stereocenters. The Kier molecular flexibility index (Phi) is 5.35. The number of benzene rings is 1. The number of amides is 1. The molecule has 1 aliphatic carbocycles. The van der Waals surface area contributed by atoms with Crippen molar-refractivity contribution in [2.45, 2.75) is 58.0 Å². The van der Waals surface area contributed by atoms with E-state index in [0.29, 0.717) is 36.8 Å². The molecule has 2 N–H and O–H groups in total. The van der Waals surface area contributed by atoms with E-state index in [1.165, 1.54) is 4.90 Å². The van der Waals surface area contributed by atoms with Crippen molar-refractivity contribution in [3.63, 3.8) is 0 Å². The van der Waals surface area contributed by atoms with E-state index < -0.39 is 35.6 Å². The van der Waals surface area contributed by atoms with Crippen molar-refractivity contribution in [3.8, 4) is 0 Å². The first-order chi connectivity index (χ1) is 12.9. The lowest BCUT2D eigenvalue weighted by atomic mass is 9.77. The lowest BCUT2D eigenvalue weighted by molar-refractivity contribution is -0.150. The summed E-state index contributed by atoms with van der Waals surface area (Å²) in [6.07, 6.45) is 2.95. The van der Waals surface area contributed by atoms with Crippen LogP contribution in [0.25, 0.3) is 0 Å². The lowest BCUT2D eigenvalue weighted by Crippen LogP contribution is -2.52. The topological polar surface area (TPSA) is 94.9 Å². The summed E-state index contributed by atoms with van der Waals surface area (Å²) in [5, 5.41) is 20.0. The predicted molar refractivity (Wildman–Crippen MR) is 99.5 cm³/mol. The highest BCUT2D eigenvalue weighted by Crippen LogP contribution is 2.38. The Labute approximate surface area is 158 Å². The number of ketones is 1. The Hall–Kier alpha value is -2.63. The zero-order valence-corrected chi connectivity index (χ0v) is 15.6. The van der Waals surface area contributed by atoms with E-state index in [2.05, 4.69) is 0 Å². The predicted octanol–water partition coefficient (Wildman–Crippen LogP) is 3.12. The Morgan fingerprint density at radius 3 is 2.67 bits per heavy atom. The van der Waals surface area contributed by atoms with Crippen LogP contribution >= 0.6 is 0 Å². The zero-order valence-electron chi connectivity index (χ0n) is 15.6. The largest absolute Gasteiger partial charge is 0.503 e. The minimum absolute atomic E-state index is 0.0895. The van der Waals surface area contributed by atoms with Gasteiger partial charge in [-0.1, -0.05) is 44.0 Å². The van der Waals surface area contributed by atoms with Crippen molar-refractivity contribution in [3.05, 3.63) is 46.7 Å². The number of aryl methyl sites for hydroxylation is 1. The fourth-order valence-electron chi connectivity index (χ4n) is 4.30. The summed E-state index contributed by atoms with van der Waals surface area (Å²) in [6, 6.07) is 5.62. The third-order valence-electron chi connectivity index (χ3n) is 5.73. The lowest BCUT2D eigenvalue weighted by Gasteiger charge is -2.37. The second-order valence-corrected chi connectivity index (χ2v) is 7.35. The number of hydrogen-bond acceptors (Lipinski definition) is 4. The summed E-state index contributed by atoms with van der Waals surface area (Å²) >= 11 is 0. The fourth-order valence-corrected chi connectivity index (χ4v) is 4.30. The van der Waals surface area contributed by atoms with Crippen LogP contribution in [-0.4, -0.2) is 44.9 Å². The molecule has 0 aromatic heterocycles. The smallest absolute Gasteiger partial charge is 0.326 e. The van der Waals surface area contributed by atoms with Crippen LogP contribution in [-0.2, 0) is 16.0 Å². The molecule has 1 amide bonds. The van der Waals surface area contributed by atoms with Gasteiger partial charge in [-0.25, -0.2) is 4.79 Å². The molecule has 0 saturated carbocycles. The number of carbonyl (C=O) groups excluding carboxylic acids is 2. The van der Waals surface area contributed by atoms with Crippen LogP contribution in [0.5, 0.6) is 0 Å². The molecule has 0 bridgehead atoms. The van der Waals surface area contributed by atoms with E-state index in [1.807, 2.05) is 19.1 Å². The number of carboxylic acid groups (broad SMARTS) is 1. The van der Waals surface area contributed by atoms with Crippen molar-refractivity contribution in [2.24, 2.45) is 5.92 Å². The number of aliphatic carboxylic acids is 1. The molecular weight excluding hydrogens is 346 g/mol. The van der Waals surface area contributed by atoms with Crippen molar-refractivity contribution in [2.75, 3.05) is 0 Å². The second kappa shape index (κ2) is 7.55. The molecule has 6 heteroatoms. The second-order valence-electron chi connectivity index (χ2n) is 7.35. The van der Waals surface area contributed by atoms with Gasteiger partial charge in [0, 0.05) is 11.5 Å². The molecule has 144 valence electrons. The monoisotopic (exact) mass is 371 g/mol. The van der Waals surface area contributed by atoms with Crippen LogP contribution in [0.15, 0.2) is 35.6 Å². The van der Waals surface area contributed by atoms with Gasteiger partial charge in [-0.2, -0.15) is 0 Å². The number of Topliss-reactive ketones (excluding diaryl/α,β-unsaturated/α-hetero) is 1. The molecule has 1 heterocycles. The van der Waals surface area contributed by atoms with Crippen molar-refractivity contribution in [1.82, 2.24) is 4.90 Å². The molecule has 3 atom stereocenters. The van der Waals surface area contributed by atoms with E-state index in [1.54, 1.807) is 19.1 Å².